The van der Waals surface area contributed by atoms with E-state index in [0.29, 0.717) is 6.61 Å². The summed E-state index contributed by atoms with van der Waals surface area (Å²) in [5, 5.41) is 7.44. The Labute approximate surface area is 147 Å². The third-order valence-corrected chi connectivity index (χ3v) is 5.17. The van der Waals surface area contributed by atoms with E-state index in [0.717, 1.165) is 49.2 Å². The van der Waals surface area contributed by atoms with Crippen LogP contribution in [0.5, 0.6) is 5.75 Å². The van der Waals surface area contributed by atoms with Gasteiger partial charge in [-0.1, -0.05) is 18.2 Å². The first kappa shape index (κ1) is 16.0. The normalized spacial score (nSPS) is 22.8. The van der Waals surface area contributed by atoms with Crippen molar-refractivity contribution in [1.82, 2.24) is 20.0 Å². The molecule has 2 atom stereocenters. The van der Waals surface area contributed by atoms with Gasteiger partial charge in [0.05, 0.1) is 17.8 Å². The van der Waals surface area contributed by atoms with Gasteiger partial charge in [0.15, 0.2) is 0 Å². The van der Waals surface area contributed by atoms with Gasteiger partial charge in [-0.15, -0.1) is 0 Å². The van der Waals surface area contributed by atoms with Crippen LogP contribution in [0.2, 0.25) is 0 Å². The van der Waals surface area contributed by atoms with E-state index in [1.54, 1.807) is 6.20 Å². The fraction of sp³-hybridized carbons (Fsp3) is 0.474. The standard InChI is InChI=1S/C19H24N4O2/c1-22-16(9-10-20-22)17-7-4-5-11-23(17)19(24)21-15-12-14-6-2-3-8-18(14)25-13-15/h2-3,6,8-10,15,17H,4-5,7,11-13H2,1H3,(H,21,24)/t15-,17+/m0/s1. The number of amides is 2. The molecule has 0 unspecified atom stereocenters. The summed E-state index contributed by atoms with van der Waals surface area (Å²) in [5.41, 5.74) is 2.25. The number of likely N-dealkylation sites (tertiary alicyclic amines) is 1. The number of aromatic nitrogens is 2. The second-order valence-electron chi connectivity index (χ2n) is 6.85. The molecule has 4 rings (SSSR count). The Morgan fingerprint density at radius 2 is 2.16 bits per heavy atom. The Hall–Kier alpha value is -2.50. The van der Waals surface area contributed by atoms with Gasteiger partial charge in [-0.2, -0.15) is 5.10 Å². The van der Waals surface area contributed by atoms with E-state index in [4.69, 9.17) is 4.74 Å². The number of nitrogens with one attached hydrogen (secondary N) is 1. The highest BCUT2D eigenvalue weighted by atomic mass is 16.5. The van der Waals surface area contributed by atoms with Crippen LogP contribution in [0.15, 0.2) is 36.5 Å². The van der Waals surface area contributed by atoms with Crippen molar-refractivity contribution in [2.75, 3.05) is 13.2 Å². The predicted octanol–water partition coefficient (Wildman–Crippen LogP) is 2.66. The Bertz CT molecular complexity index is 757. The summed E-state index contributed by atoms with van der Waals surface area (Å²) in [6.07, 6.45) is 5.78. The molecule has 3 heterocycles. The maximum Gasteiger partial charge on any atom is 0.318 e. The van der Waals surface area contributed by atoms with Crippen molar-refractivity contribution < 1.29 is 9.53 Å². The van der Waals surface area contributed by atoms with Gasteiger partial charge < -0.3 is 15.0 Å². The van der Waals surface area contributed by atoms with Crippen molar-refractivity contribution in [3.05, 3.63) is 47.8 Å². The molecule has 1 saturated heterocycles. The lowest BCUT2D eigenvalue weighted by Gasteiger charge is -2.37. The summed E-state index contributed by atoms with van der Waals surface area (Å²) in [6, 6.07) is 10.1. The Kier molecular flexibility index (Phi) is 4.34. The van der Waals surface area contributed by atoms with Crippen LogP contribution in [0.4, 0.5) is 4.79 Å². The van der Waals surface area contributed by atoms with Crippen molar-refractivity contribution in [1.29, 1.82) is 0 Å². The van der Waals surface area contributed by atoms with Crippen molar-refractivity contribution in [2.45, 2.75) is 37.8 Å². The van der Waals surface area contributed by atoms with Crippen LogP contribution in [0.25, 0.3) is 0 Å². The maximum absolute atomic E-state index is 12.9. The largest absolute Gasteiger partial charge is 0.491 e. The van der Waals surface area contributed by atoms with Crippen LogP contribution < -0.4 is 10.1 Å². The fourth-order valence-electron chi connectivity index (χ4n) is 3.87. The molecule has 0 bridgehead atoms. The first-order valence-electron chi connectivity index (χ1n) is 8.98. The molecule has 2 aliphatic rings. The lowest BCUT2D eigenvalue weighted by atomic mass is 9.99. The Morgan fingerprint density at radius 3 is 3.00 bits per heavy atom. The number of nitrogens with zero attached hydrogens (tertiary/aromatic N) is 3. The zero-order valence-electron chi connectivity index (χ0n) is 14.5. The molecule has 0 saturated carbocycles. The van der Waals surface area contributed by atoms with E-state index < -0.39 is 0 Å². The number of rotatable bonds is 2. The summed E-state index contributed by atoms with van der Waals surface area (Å²) in [5.74, 6) is 0.929. The summed E-state index contributed by atoms with van der Waals surface area (Å²) in [4.78, 5) is 14.9. The molecule has 0 radical (unpaired) electrons. The van der Waals surface area contributed by atoms with Crippen molar-refractivity contribution >= 4 is 6.03 Å². The van der Waals surface area contributed by atoms with Crippen LogP contribution >= 0.6 is 0 Å². The molecule has 6 heteroatoms. The van der Waals surface area contributed by atoms with Gasteiger partial charge in [0.25, 0.3) is 0 Å². The molecular weight excluding hydrogens is 316 g/mol. The number of hydrogen-bond acceptors (Lipinski definition) is 3. The summed E-state index contributed by atoms with van der Waals surface area (Å²) in [6.45, 7) is 1.30. The van der Waals surface area contributed by atoms with E-state index in [9.17, 15) is 4.79 Å². The van der Waals surface area contributed by atoms with E-state index >= 15 is 0 Å². The minimum absolute atomic E-state index is 0.00104. The second kappa shape index (κ2) is 6.78. The highest BCUT2D eigenvalue weighted by molar-refractivity contribution is 5.75. The van der Waals surface area contributed by atoms with Crippen molar-refractivity contribution in [2.24, 2.45) is 7.05 Å². The molecule has 1 N–H and O–H groups in total. The van der Waals surface area contributed by atoms with Gasteiger partial charge in [0.1, 0.15) is 12.4 Å². The number of aryl methyl sites for hydroxylation is 1. The molecule has 2 aliphatic heterocycles. The number of piperidine rings is 1. The van der Waals surface area contributed by atoms with Crippen LogP contribution in [0, 0.1) is 0 Å². The maximum atomic E-state index is 12.9. The van der Waals surface area contributed by atoms with E-state index in [1.165, 1.54) is 0 Å². The number of carbonyl (C=O) groups is 1. The molecule has 1 aromatic carbocycles. The van der Waals surface area contributed by atoms with Gasteiger partial charge >= 0.3 is 6.03 Å². The molecule has 0 spiro atoms. The summed E-state index contributed by atoms with van der Waals surface area (Å²) < 4.78 is 7.67. The number of para-hydroxylation sites is 1. The third kappa shape index (κ3) is 3.21. The smallest absolute Gasteiger partial charge is 0.318 e. The van der Waals surface area contributed by atoms with E-state index in [2.05, 4.69) is 16.5 Å². The van der Waals surface area contributed by atoms with Crippen LogP contribution in [0.1, 0.15) is 36.6 Å². The Balaban J connectivity index is 1.46. The first-order chi connectivity index (χ1) is 12.2. The van der Waals surface area contributed by atoms with Gasteiger partial charge in [-0.3, -0.25) is 4.68 Å². The minimum atomic E-state index is -0.00104. The topological polar surface area (TPSA) is 59.4 Å². The summed E-state index contributed by atoms with van der Waals surface area (Å²) >= 11 is 0. The quantitative estimate of drug-likeness (QED) is 0.914. The molecule has 2 amide bonds. The van der Waals surface area contributed by atoms with Crippen molar-refractivity contribution in [3.63, 3.8) is 0 Å². The fourth-order valence-corrected chi connectivity index (χ4v) is 3.87. The van der Waals surface area contributed by atoms with Gasteiger partial charge in [0, 0.05) is 19.8 Å². The molecule has 6 nitrogen and oxygen atoms in total. The highest BCUT2D eigenvalue weighted by Crippen LogP contribution is 2.31. The van der Waals surface area contributed by atoms with Gasteiger partial charge in [0.2, 0.25) is 0 Å². The average molecular weight is 340 g/mol. The van der Waals surface area contributed by atoms with E-state index in [1.807, 2.05) is 40.9 Å². The second-order valence-corrected chi connectivity index (χ2v) is 6.85. The number of urea groups is 1. The summed E-state index contributed by atoms with van der Waals surface area (Å²) in [7, 11) is 1.94. The van der Waals surface area contributed by atoms with Crippen LogP contribution in [0.3, 0.4) is 0 Å². The predicted molar refractivity (Wildman–Crippen MR) is 94.5 cm³/mol. The number of hydrogen-bond donors (Lipinski definition) is 1. The number of ether oxygens (including phenoxy) is 1. The molecule has 0 aliphatic carbocycles. The Morgan fingerprint density at radius 1 is 1.28 bits per heavy atom. The zero-order chi connectivity index (χ0) is 17.2. The lowest BCUT2D eigenvalue weighted by Crippen LogP contribution is -2.51. The first-order valence-corrected chi connectivity index (χ1v) is 8.98. The third-order valence-electron chi connectivity index (χ3n) is 5.17. The SMILES string of the molecule is Cn1nccc1[C@H]1CCCCN1C(=O)N[C@@H]1COc2ccccc2C1. The van der Waals surface area contributed by atoms with E-state index in [-0.39, 0.29) is 18.1 Å². The number of carbonyl (C=O) groups excluding carboxylic acids is 1. The highest BCUT2D eigenvalue weighted by Gasteiger charge is 2.31. The molecule has 2 aromatic rings. The zero-order valence-corrected chi connectivity index (χ0v) is 14.5. The van der Waals surface area contributed by atoms with Crippen molar-refractivity contribution in [3.8, 4) is 5.75 Å². The number of fused-ring (bicyclic) bond motifs is 1. The van der Waals surface area contributed by atoms with Gasteiger partial charge in [-0.05, 0) is 43.4 Å². The molecule has 25 heavy (non-hydrogen) atoms. The molecule has 132 valence electrons. The van der Waals surface area contributed by atoms with Gasteiger partial charge in [-0.25, -0.2) is 4.79 Å². The molecule has 1 fully saturated rings. The minimum Gasteiger partial charge on any atom is -0.491 e. The van der Waals surface area contributed by atoms with Crippen LogP contribution in [-0.4, -0.2) is 39.9 Å². The monoisotopic (exact) mass is 340 g/mol. The average Bonchev–Trinajstić information content (AvgIpc) is 3.07. The molecular formula is C19H24N4O2. The number of benzene rings is 1. The molecule has 1 aromatic heterocycles. The van der Waals surface area contributed by atoms with Crippen LogP contribution in [-0.2, 0) is 13.5 Å². The lowest BCUT2D eigenvalue weighted by molar-refractivity contribution is 0.138.